The summed E-state index contributed by atoms with van der Waals surface area (Å²) >= 11 is 0. The third-order valence-corrected chi connectivity index (χ3v) is 2.78. The van der Waals surface area contributed by atoms with Crippen molar-refractivity contribution in [2.45, 2.75) is 25.3 Å². The fourth-order valence-corrected chi connectivity index (χ4v) is 1.64. The molecule has 0 unspecified atom stereocenters. The van der Waals surface area contributed by atoms with Gasteiger partial charge in [-0.05, 0) is 22.6 Å². The Bertz CT molecular complexity index is 277. The van der Waals surface area contributed by atoms with Crippen LogP contribution < -0.4 is 0 Å². The smallest absolute Gasteiger partial charge is 0.0155 e. The van der Waals surface area contributed by atoms with Crippen molar-refractivity contribution in [3.63, 3.8) is 0 Å². The van der Waals surface area contributed by atoms with Crippen molar-refractivity contribution >= 4 is 10.2 Å². The molecule has 0 fully saturated rings. The zero-order valence-electron chi connectivity index (χ0n) is 8.80. The maximum absolute atomic E-state index is 3.73. The predicted molar refractivity (Wildman–Crippen MR) is 63.3 cm³/mol. The topological polar surface area (TPSA) is 0 Å². The molecule has 0 aliphatic carbocycles. The number of hydrogen-bond donors (Lipinski definition) is 0. The van der Waals surface area contributed by atoms with Gasteiger partial charge in [0.2, 0.25) is 0 Å². The lowest BCUT2D eigenvalue weighted by molar-refractivity contribution is 0.763. The molecule has 0 atom stereocenters. The Morgan fingerprint density at radius 3 is 2.23 bits per heavy atom. The van der Waals surface area contributed by atoms with Gasteiger partial charge in [0, 0.05) is 10.2 Å². The van der Waals surface area contributed by atoms with E-state index in [9.17, 15) is 0 Å². The van der Waals surface area contributed by atoms with Crippen LogP contribution in [0.2, 0.25) is 0 Å². The van der Waals surface area contributed by atoms with Gasteiger partial charge in [-0.15, -0.1) is 6.58 Å². The summed E-state index contributed by atoms with van der Waals surface area (Å²) in [6.07, 6.45) is 2.92. The largest absolute Gasteiger partial charge is 0.103 e. The molecule has 0 aromatic heterocycles. The molecule has 0 aliphatic rings. The van der Waals surface area contributed by atoms with Crippen LogP contribution >= 0.6 is 0 Å². The molecule has 0 heterocycles. The van der Waals surface area contributed by atoms with Crippen molar-refractivity contribution in [2.24, 2.45) is 0 Å². The quantitative estimate of drug-likeness (QED) is 0.505. The van der Waals surface area contributed by atoms with Gasteiger partial charge in [-0.3, -0.25) is 0 Å². The highest BCUT2D eigenvalue weighted by Crippen LogP contribution is 2.19. The second-order valence-corrected chi connectivity index (χ2v) is 6.94. The molecule has 1 rings (SSSR count). The van der Waals surface area contributed by atoms with Gasteiger partial charge in [0.1, 0.15) is 0 Å². The second kappa shape index (κ2) is 3.92. The maximum atomic E-state index is 3.73. The molecule has 0 saturated heterocycles. The molecule has 1 heteroatoms. The molecule has 0 amide bonds. The molecule has 0 radical (unpaired) electrons. The van der Waals surface area contributed by atoms with Gasteiger partial charge >= 0.3 is 0 Å². The van der Waals surface area contributed by atoms with E-state index < -0.39 is 0 Å². The van der Waals surface area contributed by atoms with E-state index in [1.54, 1.807) is 0 Å². The van der Waals surface area contributed by atoms with Gasteiger partial charge < -0.3 is 0 Å². The van der Waals surface area contributed by atoms with Crippen molar-refractivity contribution in [1.29, 1.82) is 0 Å². The van der Waals surface area contributed by atoms with Crippen molar-refractivity contribution in [2.75, 3.05) is 0 Å². The van der Waals surface area contributed by atoms with E-state index >= 15 is 0 Å². The average Bonchev–Trinajstić information content (AvgIpc) is 2.04. The van der Waals surface area contributed by atoms with E-state index in [1.807, 2.05) is 6.08 Å². The van der Waals surface area contributed by atoms with E-state index in [-0.39, 0.29) is 0 Å². The van der Waals surface area contributed by atoms with Crippen molar-refractivity contribution in [1.82, 2.24) is 0 Å². The Morgan fingerprint density at radius 1 is 1.31 bits per heavy atom. The third-order valence-electron chi connectivity index (χ3n) is 2.20. The van der Waals surface area contributed by atoms with Gasteiger partial charge in [-0.25, -0.2) is 0 Å². The van der Waals surface area contributed by atoms with Crippen LogP contribution in [0.3, 0.4) is 0 Å². The Morgan fingerprint density at radius 2 is 1.85 bits per heavy atom. The molecule has 0 aliphatic heterocycles. The normalized spacial score (nSPS) is 11.5. The van der Waals surface area contributed by atoms with Crippen LogP contribution in [-0.2, 0) is 11.5 Å². The summed E-state index contributed by atoms with van der Waals surface area (Å²) in [4.78, 5) is 0. The second-order valence-electron chi connectivity index (χ2n) is 4.44. The fraction of sp³-hybridized carbons (Fsp3) is 0.333. The lowest BCUT2D eigenvalue weighted by Crippen LogP contribution is -2.16. The van der Waals surface area contributed by atoms with Gasteiger partial charge in [-0.2, -0.15) is 0 Å². The summed E-state index contributed by atoms with van der Waals surface area (Å²) in [5.41, 5.74) is 2.80. The first-order valence-corrected chi connectivity index (χ1v) is 5.74. The van der Waals surface area contributed by atoms with Crippen LogP contribution in [0.25, 0.3) is 0 Å². The summed E-state index contributed by atoms with van der Waals surface area (Å²) < 4.78 is 0. The minimum absolute atomic E-state index is 0.396. The molecule has 1 aromatic carbocycles. The Hall–Kier alpha value is -0.823. The zero-order chi connectivity index (χ0) is 9.90. The summed E-state index contributed by atoms with van der Waals surface area (Å²) in [5, 5.41) is 0.396. The number of rotatable bonds is 3. The highest BCUT2D eigenvalue weighted by molar-refractivity contribution is 6.15. The van der Waals surface area contributed by atoms with Crippen LogP contribution in [0.4, 0.5) is 0 Å². The zero-order valence-corrected chi connectivity index (χ0v) is 10.8. The molecule has 0 saturated carbocycles. The van der Waals surface area contributed by atoms with Crippen LogP contribution in [0.1, 0.15) is 25.0 Å². The lowest BCUT2D eigenvalue weighted by atomic mass is 10.00. The minimum atomic E-state index is 0.396. The Labute approximate surface area is 84.1 Å². The predicted octanol–water partition coefficient (Wildman–Crippen LogP) is 2.02. The van der Waals surface area contributed by atoms with E-state index in [4.69, 9.17) is 0 Å². The molecule has 70 valence electrons. The van der Waals surface area contributed by atoms with Crippen molar-refractivity contribution in [3.8, 4) is 0 Å². The lowest BCUT2D eigenvalue weighted by Gasteiger charge is -2.18. The van der Waals surface area contributed by atoms with Crippen LogP contribution in [0.15, 0.2) is 36.9 Å². The SMILES string of the molecule is C=CCc1ccc(C(C)(C)[SiH3])cc1. The molecule has 0 spiro atoms. The van der Waals surface area contributed by atoms with Crippen molar-refractivity contribution < 1.29 is 0 Å². The third kappa shape index (κ3) is 2.85. The van der Waals surface area contributed by atoms with Gasteiger partial charge in [0.05, 0.1) is 0 Å². The molecule has 0 N–H and O–H groups in total. The molecule has 13 heavy (non-hydrogen) atoms. The maximum Gasteiger partial charge on any atom is 0.0155 e. The van der Waals surface area contributed by atoms with Crippen LogP contribution in [0.5, 0.6) is 0 Å². The Balaban J connectivity index is 2.87. The van der Waals surface area contributed by atoms with Gasteiger partial charge in [0.15, 0.2) is 0 Å². The molecular weight excluding hydrogens is 172 g/mol. The number of benzene rings is 1. The standard InChI is InChI=1S/C12H18Si/c1-4-5-10-6-8-11(9-7-10)12(2,3)13/h4,6-9H,1,5H2,2-3,13H3. The van der Waals surface area contributed by atoms with E-state index in [2.05, 4.69) is 44.7 Å². The molecule has 0 bridgehead atoms. The molecule has 0 nitrogen and oxygen atoms in total. The van der Waals surface area contributed by atoms with E-state index in [0.717, 1.165) is 6.42 Å². The first-order valence-electron chi connectivity index (χ1n) is 4.74. The summed E-state index contributed by atoms with van der Waals surface area (Å²) in [6, 6.07) is 8.89. The molecular formula is C12H18Si. The minimum Gasteiger partial charge on any atom is -0.103 e. The Kier molecular flexibility index (Phi) is 3.10. The number of hydrogen-bond acceptors (Lipinski definition) is 0. The fourth-order valence-electron chi connectivity index (χ4n) is 1.31. The molecule has 1 aromatic rings. The summed E-state index contributed by atoms with van der Waals surface area (Å²) in [7, 11) is 1.20. The first kappa shape index (κ1) is 10.3. The van der Waals surface area contributed by atoms with Crippen LogP contribution in [-0.4, -0.2) is 10.2 Å². The van der Waals surface area contributed by atoms with Crippen molar-refractivity contribution in [3.05, 3.63) is 48.0 Å². The summed E-state index contributed by atoms with van der Waals surface area (Å²) in [6.45, 7) is 8.32. The highest BCUT2D eigenvalue weighted by atomic mass is 28.1. The average molecular weight is 190 g/mol. The number of allylic oxidation sites excluding steroid dienone is 1. The van der Waals surface area contributed by atoms with Crippen LogP contribution in [0, 0.1) is 0 Å². The summed E-state index contributed by atoms with van der Waals surface area (Å²) in [5.74, 6) is 0. The monoisotopic (exact) mass is 190 g/mol. The van der Waals surface area contributed by atoms with Gasteiger partial charge in [0.25, 0.3) is 0 Å². The van der Waals surface area contributed by atoms with E-state index in [0.29, 0.717) is 5.04 Å². The van der Waals surface area contributed by atoms with E-state index in [1.165, 1.54) is 21.4 Å². The first-order chi connectivity index (χ1) is 6.04. The highest BCUT2D eigenvalue weighted by Gasteiger charge is 2.12. The van der Waals surface area contributed by atoms with Gasteiger partial charge in [-0.1, -0.05) is 44.2 Å².